The molecule has 10 amide bonds. The van der Waals surface area contributed by atoms with Gasteiger partial charge >= 0.3 is 36.6 Å². The van der Waals surface area contributed by atoms with E-state index < -0.39 is 42.5 Å². The zero-order chi connectivity index (χ0) is 60.5. The summed E-state index contributed by atoms with van der Waals surface area (Å²) in [6.45, 7) is 0.858. The molecule has 0 radical (unpaired) electrons. The molecule has 28 nitrogen and oxygen atoms in total. The van der Waals surface area contributed by atoms with Crippen LogP contribution in [0.4, 0.5) is 28.8 Å². The lowest BCUT2D eigenvalue weighted by molar-refractivity contribution is -0.136. The largest absolute Gasteiger partial charge is 0.465 e. The Morgan fingerprint density at radius 3 is 0.890 bits per heavy atom. The number of nitrogens with zero attached hydrogens (tertiary/aromatic N) is 9. The second kappa shape index (κ2) is 43.2. The maximum Gasteiger partial charge on any atom is 0.407 e. The van der Waals surface area contributed by atoms with Gasteiger partial charge in [-0.25, -0.2) is 28.8 Å². The molecular formula is C54H98N12O16. The first-order valence-electron chi connectivity index (χ1n) is 29.7. The van der Waals surface area contributed by atoms with E-state index in [0.717, 1.165) is 55.1 Å². The highest BCUT2D eigenvalue weighted by Crippen LogP contribution is 2.14. The van der Waals surface area contributed by atoms with Crippen molar-refractivity contribution in [2.75, 3.05) is 151 Å². The summed E-state index contributed by atoms with van der Waals surface area (Å²) in [5, 5.41) is 66.7. The van der Waals surface area contributed by atoms with Crippen LogP contribution in [0.25, 0.3) is 0 Å². The summed E-state index contributed by atoms with van der Waals surface area (Å²) in [6, 6.07) is 0. The van der Waals surface area contributed by atoms with Crippen LogP contribution in [0.5, 0.6) is 0 Å². The molecule has 0 unspecified atom stereocenters. The van der Waals surface area contributed by atoms with E-state index in [1.54, 1.807) is 9.80 Å². The fourth-order valence-electron chi connectivity index (χ4n) is 9.61. The van der Waals surface area contributed by atoms with Gasteiger partial charge in [0.2, 0.25) is 23.6 Å². The molecule has 0 bridgehead atoms. The van der Waals surface area contributed by atoms with Crippen LogP contribution in [-0.2, 0) is 19.2 Å². The summed E-state index contributed by atoms with van der Waals surface area (Å²) in [5.41, 5.74) is 0. The summed E-state index contributed by atoms with van der Waals surface area (Å²) >= 11 is 0. The minimum Gasteiger partial charge on any atom is -0.465 e. The summed E-state index contributed by atoms with van der Waals surface area (Å²) in [6.07, 6.45) is 13.3. The third-order valence-corrected chi connectivity index (χ3v) is 14.8. The van der Waals surface area contributed by atoms with Crippen LogP contribution in [0, 0.1) is 0 Å². The monoisotopic (exact) mass is 1170 g/mol. The number of hydrogen-bond donors (Lipinski definition) is 9. The molecule has 2 aliphatic rings. The maximum absolute atomic E-state index is 13.7. The van der Waals surface area contributed by atoms with Crippen molar-refractivity contribution in [1.82, 2.24) is 60.0 Å². The highest BCUT2D eigenvalue weighted by Gasteiger charge is 2.26. The highest BCUT2D eigenvalue weighted by molar-refractivity contribution is 5.85. The minimum absolute atomic E-state index is 0.0154. The third kappa shape index (κ3) is 33.4. The Morgan fingerprint density at radius 2 is 0.585 bits per heavy atom. The molecule has 2 saturated heterocycles. The average Bonchev–Trinajstić information content (AvgIpc) is 3.41. The van der Waals surface area contributed by atoms with E-state index in [1.165, 1.54) is 81.9 Å². The smallest absolute Gasteiger partial charge is 0.407 e. The molecule has 2 aliphatic heterocycles. The molecule has 28 heteroatoms. The SMILES string of the molecule is CCCCCCCCCCCCCCCCCCNC(=O)CN(CCNC(=O)CN1CCN(C(=O)O)CCN(C(=O)O)CCN(C(=O)O)CC1)C(=O)CCCCCNC(=O)CN1CCN(C(=O)O)CCN(C(=O)O)CCN(C(=O)O)CC1. The lowest BCUT2D eigenvalue weighted by Gasteiger charge is -2.31. The van der Waals surface area contributed by atoms with Crippen LogP contribution in [-0.4, -0.2) is 285 Å². The van der Waals surface area contributed by atoms with Crippen LogP contribution in [0.15, 0.2) is 0 Å². The molecule has 0 aliphatic carbocycles. The predicted octanol–water partition coefficient (Wildman–Crippen LogP) is 4.50. The molecule has 2 rings (SSSR count). The van der Waals surface area contributed by atoms with Crippen molar-refractivity contribution in [3.8, 4) is 0 Å². The second-order valence-corrected chi connectivity index (χ2v) is 21.1. The van der Waals surface area contributed by atoms with Gasteiger partial charge in [-0.2, -0.15) is 0 Å². The first kappa shape index (κ1) is 71.5. The van der Waals surface area contributed by atoms with Gasteiger partial charge in [0.1, 0.15) is 0 Å². The van der Waals surface area contributed by atoms with Crippen LogP contribution in [0.1, 0.15) is 135 Å². The Bertz CT molecular complexity index is 1880. The normalized spacial score (nSPS) is 15.7. The van der Waals surface area contributed by atoms with Crippen LogP contribution in [0.2, 0.25) is 0 Å². The summed E-state index contributed by atoms with van der Waals surface area (Å²) in [4.78, 5) is 135. The molecule has 0 aromatic carbocycles. The Kier molecular flexibility index (Phi) is 37.6. The molecule has 470 valence electrons. The zero-order valence-electron chi connectivity index (χ0n) is 48.7. The van der Waals surface area contributed by atoms with Gasteiger partial charge in [-0.1, -0.05) is 110 Å². The Labute approximate surface area is 483 Å². The second-order valence-electron chi connectivity index (χ2n) is 21.1. The Morgan fingerprint density at radius 1 is 0.329 bits per heavy atom. The summed E-state index contributed by atoms with van der Waals surface area (Å²) in [7, 11) is 0. The van der Waals surface area contributed by atoms with Gasteiger partial charge in [0.15, 0.2) is 0 Å². The minimum atomic E-state index is -1.31. The fraction of sp³-hybridized carbons (Fsp3) is 0.815. The molecular weight excluding hydrogens is 1070 g/mol. The van der Waals surface area contributed by atoms with Gasteiger partial charge < -0.3 is 80.9 Å². The first-order chi connectivity index (χ1) is 39.3. The van der Waals surface area contributed by atoms with Gasteiger partial charge in [-0.05, 0) is 19.3 Å². The van der Waals surface area contributed by atoms with E-state index in [2.05, 4.69) is 22.9 Å². The van der Waals surface area contributed by atoms with Crippen molar-refractivity contribution >= 4 is 60.2 Å². The summed E-state index contributed by atoms with van der Waals surface area (Å²) < 4.78 is 0. The highest BCUT2D eigenvalue weighted by atomic mass is 16.4. The Hall–Kier alpha value is -6.58. The quantitative estimate of drug-likeness (QED) is 0.0419. The molecule has 2 heterocycles. The van der Waals surface area contributed by atoms with Gasteiger partial charge in [0.05, 0.1) is 19.6 Å². The maximum atomic E-state index is 13.7. The average molecular weight is 1170 g/mol. The number of carboxylic acid groups (broad SMARTS) is 6. The lowest BCUT2D eigenvalue weighted by atomic mass is 10.0. The molecule has 0 saturated carbocycles. The molecule has 9 N–H and O–H groups in total. The number of hydrogen-bond acceptors (Lipinski definition) is 12. The lowest BCUT2D eigenvalue weighted by Crippen LogP contribution is -2.50. The molecule has 0 atom stereocenters. The standard InChI is InChI=1S/C54H98N12O16/c1-2-3-4-5-6-7-8-9-10-11-12-13-14-15-16-19-22-56-47(69)44-66(25-24-57-46(68)43-59-28-32-62(51(75)76)36-40-65(54(81)82)41-37-63(33-29-59)52(77)78)48(70)21-18-17-20-23-55-45(67)42-58-26-30-60(49(71)72)34-38-64(53(79)80)39-35-61(31-27-58)50(73)74/h2-44H2,1H3,(H,55,67)(H,56,69)(H,57,68)(H,71,72)(H,73,74)(H,75,76)(H,77,78)(H,79,80)(H,81,82). The van der Waals surface area contributed by atoms with Crippen molar-refractivity contribution in [1.29, 1.82) is 0 Å². The van der Waals surface area contributed by atoms with Crippen LogP contribution < -0.4 is 16.0 Å². The van der Waals surface area contributed by atoms with E-state index in [0.29, 0.717) is 25.8 Å². The van der Waals surface area contributed by atoms with Crippen LogP contribution >= 0.6 is 0 Å². The molecule has 0 aromatic heterocycles. The number of unbranched alkanes of at least 4 members (excludes halogenated alkanes) is 17. The van der Waals surface area contributed by atoms with E-state index in [4.69, 9.17) is 0 Å². The van der Waals surface area contributed by atoms with Gasteiger partial charge in [0, 0.05) is 137 Å². The van der Waals surface area contributed by atoms with Crippen molar-refractivity contribution in [2.45, 2.75) is 135 Å². The molecule has 0 aromatic rings. The molecule has 2 fully saturated rings. The zero-order valence-corrected chi connectivity index (χ0v) is 48.7. The van der Waals surface area contributed by atoms with Crippen LogP contribution in [0.3, 0.4) is 0 Å². The van der Waals surface area contributed by atoms with Crippen molar-refractivity contribution in [3.05, 3.63) is 0 Å². The van der Waals surface area contributed by atoms with Gasteiger partial charge in [0.25, 0.3) is 0 Å². The van der Waals surface area contributed by atoms with Gasteiger partial charge in [-0.3, -0.25) is 29.0 Å². The molecule has 82 heavy (non-hydrogen) atoms. The van der Waals surface area contributed by atoms with Crippen molar-refractivity contribution in [3.63, 3.8) is 0 Å². The number of amides is 10. The number of nitrogens with one attached hydrogen (secondary N) is 3. The first-order valence-corrected chi connectivity index (χ1v) is 29.7. The van der Waals surface area contributed by atoms with Crippen molar-refractivity contribution < 1.29 is 78.6 Å². The van der Waals surface area contributed by atoms with E-state index >= 15 is 0 Å². The number of carbonyl (C=O) groups is 10. The van der Waals surface area contributed by atoms with E-state index in [-0.39, 0.29) is 168 Å². The third-order valence-electron chi connectivity index (χ3n) is 14.8. The fourth-order valence-corrected chi connectivity index (χ4v) is 9.61. The number of carbonyl (C=O) groups excluding carboxylic acids is 4. The van der Waals surface area contributed by atoms with Crippen molar-refractivity contribution in [2.24, 2.45) is 0 Å². The topological polar surface area (TPSA) is 357 Å². The predicted molar refractivity (Wildman–Crippen MR) is 304 cm³/mol. The number of rotatable bonds is 32. The molecule has 0 spiro atoms. The Balaban J connectivity index is 1.96. The van der Waals surface area contributed by atoms with E-state index in [1.807, 2.05) is 0 Å². The summed E-state index contributed by atoms with van der Waals surface area (Å²) in [5.74, 6) is -1.56. The van der Waals surface area contributed by atoms with Gasteiger partial charge in [-0.15, -0.1) is 0 Å². The van der Waals surface area contributed by atoms with E-state index in [9.17, 15) is 78.6 Å².